The molecule has 1 unspecified atom stereocenters. The minimum atomic E-state index is -0.948. The third-order valence-electron chi connectivity index (χ3n) is 11.7. The predicted octanol–water partition coefficient (Wildman–Crippen LogP) is 5.56. The Kier molecular flexibility index (Phi) is 12.6. The summed E-state index contributed by atoms with van der Waals surface area (Å²) in [5.41, 5.74) is 0.0607. The molecule has 0 aromatic rings. The van der Waals surface area contributed by atoms with E-state index in [1.54, 1.807) is 6.92 Å². The summed E-state index contributed by atoms with van der Waals surface area (Å²) in [5.74, 6) is 0.709. The van der Waals surface area contributed by atoms with Crippen molar-refractivity contribution in [3.05, 3.63) is 0 Å². The molecule has 0 amide bonds. The van der Waals surface area contributed by atoms with Crippen LogP contribution < -0.4 is 0 Å². The number of carboxylic acid groups (broad SMARTS) is 2. The Bertz CT molecular complexity index is 965. The van der Waals surface area contributed by atoms with Gasteiger partial charge in [-0.15, -0.1) is 0 Å². The largest absolute Gasteiger partial charge is 0.481 e. The van der Waals surface area contributed by atoms with E-state index in [0.29, 0.717) is 42.4 Å². The van der Waals surface area contributed by atoms with Crippen molar-refractivity contribution in [2.75, 3.05) is 19.6 Å². The molecular formula is C34H57NO8. The monoisotopic (exact) mass is 607 g/mol. The topological polar surface area (TPSA) is 141 Å². The minimum Gasteiger partial charge on any atom is -0.481 e. The summed E-state index contributed by atoms with van der Waals surface area (Å²) in [6.07, 6.45) is 9.71. The summed E-state index contributed by atoms with van der Waals surface area (Å²) in [4.78, 5) is 47.4. The van der Waals surface area contributed by atoms with Crippen LogP contribution in [0, 0.1) is 40.4 Å². The number of rotatable bonds is 12. The summed E-state index contributed by atoms with van der Waals surface area (Å²) in [5, 5.41) is 26.8. The number of carbonyl (C=O) groups excluding carboxylic acids is 2. The molecule has 4 fully saturated rings. The zero-order chi connectivity index (χ0) is 31.9. The summed E-state index contributed by atoms with van der Waals surface area (Å²) in [6.45, 7) is 13.0. The summed E-state index contributed by atoms with van der Waals surface area (Å²) >= 11 is 0. The lowest BCUT2D eigenvalue weighted by atomic mass is 9.44. The molecular weight excluding hydrogens is 550 g/mol. The molecule has 0 bridgehead atoms. The van der Waals surface area contributed by atoms with Gasteiger partial charge >= 0.3 is 17.9 Å². The zero-order valence-electron chi connectivity index (χ0n) is 27.2. The maximum absolute atomic E-state index is 13.1. The van der Waals surface area contributed by atoms with Crippen LogP contribution in [0.5, 0.6) is 0 Å². The third-order valence-corrected chi connectivity index (χ3v) is 11.7. The van der Waals surface area contributed by atoms with E-state index in [9.17, 15) is 24.3 Å². The molecule has 0 saturated heterocycles. The van der Waals surface area contributed by atoms with Gasteiger partial charge in [0.15, 0.2) is 0 Å². The van der Waals surface area contributed by atoms with Crippen LogP contribution in [0.3, 0.4) is 0 Å². The molecule has 0 spiro atoms. The minimum absolute atomic E-state index is 0.0632. The molecule has 9 nitrogen and oxygen atoms in total. The van der Waals surface area contributed by atoms with Crippen molar-refractivity contribution in [1.82, 2.24) is 4.90 Å². The second-order valence-electron chi connectivity index (χ2n) is 14.3. The number of hydrogen-bond donors (Lipinski definition) is 3. The molecule has 4 rings (SSSR count). The number of ether oxygens (including phenoxy) is 1. The van der Waals surface area contributed by atoms with Gasteiger partial charge in [0.1, 0.15) is 11.9 Å². The van der Waals surface area contributed by atoms with E-state index in [2.05, 4.69) is 32.6 Å². The lowest BCUT2D eigenvalue weighted by molar-refractivity contribution is -0.203. The van der Waals surface area contributed by atoms with Crippen LogP contribution in [0.15, 0.2) is 0 Å². The van der Waals surface area contributed by atoms with Crippen molar-refractivity contribution < 1.29 is 39.2 Å². The van der Waals surface area contributed by atoms with Crippen molar-refractivity contribution in [3.63, 3.8) is 0 Å². The number of fused-ring (bicyclic) bond motifs is 5. The van der Waals surface area contributed by atoms with Gasteiger partial charge in [-0.25, -0.2) is 0 Å². The van der Waals surface area contributed by atoms with Crippen molar-refractivity contribution in [2.45, 2.75) is 130 Å². The quantitative estimate of drug-likeness (QED) is 0.243. The van der Waals surface area contributed by atoms with Crippen LogP contribution in [0.4, 0.5) is 0 Å². The number of carbonyl (C=O) groups is 4. The van der Waals surface area contributed by atoms with Crippen LogP contribution in [0.2, 0.25) is 0 Å². The van der Waals surface area contributed by atoms with Crippen molar-refractivity contribution in [3.8, 4) is 0 Å². The Morgan fingerprint density at radius 1 is 0.860 bits per heavy atom. The van der Waals surface area contributed by atoms with Crippen LogP contribution in [0.1, 0.15) is 118 Å². The van der Waals surface area contributed by atoms with Gasteiger partial charge in [-0.05, 0) is 113 Å². The fraction of sp³-hybridized carbons (Fsp3) is 0.882. The number of aliphatic hydroxyl groups excluding tert-OH is 1. The zero-order valence-corrected chi connectivity index (χ0v) is 27.2. The summed E-state index contributed by atoms with van der Waals surface area (Å²) in [6, 6.07) is 0. The van der Waals surface area contributed by atoms with Crippen LogP contribution in [0.25, 0.3) is 0 Å². The molecule has 3 N–H and O–H groups in total. The highest BCUT2D eigenvalue weighted by Gasteiger charge is 2.63. The van der Waals surface area contributed by atoms with E-state index < -0.39 is 11.9 Å². The molecule has 43 heavy (non-hydrogen) atoms. The number of nitrogens with zero attached hydrogens (tertiary/aromatic N) is 1. The van der Waals surface area contributed by atoms with Crippen LogP contribution in [-0.4, -0.2) is 75.8 Å². The maximum atomic E-state index is 13.1. The molecule has 9 atom stereocenters. The molecule has 0 aromatic carbocycles. The highest BCUT2D eigenvalue weighted by atomic mass is 16.5. The Balaban J connectivity index is 0.000000489. The third kappa shape index (κ3) is 8.19. The van der Waals surface area contributed by atoms with Gasteiger partial charge in [0, 0.05) is 30.6 Å². The van der Waals surface area contributed by atoms with E-state index in [4.69, 9.17) is 14.9 Å². The molecule has 0 aliphatic heterocycles. The van der Waals surface area contributed by atoms with Crippen LogP contribution in [-0.2, 0) is 23.9 Å². The Hall–Kier alpha value is -2.00. The second-order valence-corrected chi connectivity index (χ2v) is 14.3. The van der Waals surface area contributed by atoms with E-state index in [1.165, 1.54) is 12.8 Å². The number of aliphatic hydroxyl groups is 1. The van der Waals surface area contributed by atoms with Crippen molar-refractivity contribution in [1.29, 1.82) is 0 Å². The highest BCUT2D eigenvalue weighted by molar-refractivity contribution is 5.79. The molecule has 9 heteroatoms. The summed E-state index contributed by atoms with van der Waals surface area (Å²) in [7, 11) is 0. The average molecular weight is 608 g/mol. The van der Waals surface area contributed by atoms with Gasteiger partial charge in [0.2, 0.25) is 0 Å². The van der Waals surface area contributed by atoms with Gasteiger partial charge in [0.05, 0.1) is 12.6 Å². The maximum Gasteiger partial charge on any atom is 0.320 e. The van der Waals surface area contributed by atoms with Crippen molar-refractivity contribution in [2.24, 2.45) is 40.4 Å². The number of Topliss-reactive ketones (excluding diaryl/α,β-unsaturated/α-hetero) is 1. The molecule has 4 aliphatic rings. The van der Waals surface area contributed by atoms with Crippen molar-refractivity contribution >= 4 is 23.7 Å². The van der Waals surface area contributed by atoms with Gasteiger partial charge in [-0.2, -0.15) is 0 Å². The predicted molar refractivity (Wildman–Crippen MR) is 163 cm³/mol. The SMILES string of the molecule is CCCN(CCC)CC(=O)OC1C[C@@H](O)C[C@@H]2CC[C@H]3[C@@H]4CC[C@H](C(C)=O)[C@@]4(C)CC[C@@H]3[C@@]12C.O=C(O)CCCC(=O)O. The Morgan fingerprint density at radius 3 is 2.05 bits per heavy atom. The van der Waals surface area contributed by atoms with Gasteiger partial charge in [-0.3, -0.25) is 24.1 Å². The molecule has 4 aliphatic carbocycles. The van der Waals surface area contributed by atoms with E-state index in [1.807, 2.05) is 0 Å². The Labute approximate surface area is 258 Å². The van der Waals surface area contributed by atoms with Crippen LogP contribution >= 0.6 is 0 Å². The first-order valence-corrected chi connectivity index (χ1v) is 16.8. The lowest BCUT2D eigenvalue weighted by Crippen LogP contribution is -2.60. The number of esters is 1. The summed E-state index contributed by atoms with van der Waals surface area (Å²) < 4.78 is 6.31. The first-order valence-electron chi connectivity index (χ1n) is 16.8. The Morgan fingerprint density at radius 2 is 1.49 bits per heavy atom. The number of hydrogen-bond acceptors (Lipinski definition) is 7. The normalized spacial score (nSPS) is 36.4. The fourth-order valence-electron chi connectivity index (χ4n) is 9.78. The smallest absolute Gasteiger partial charge is 0.320 e. The van der Waals surface area contributed by atoms with Gasteiger partial charge in [-0.1, -0.05) is 27.7 Å². The fourth-order valence-corrected chi connectivity index (χ4v) is 9.78. The molecule has 0 heterocycles. The highest BCUT2D eigenvalue weighted by Crippen LogP contribution is 2.67. The van der Waals surface area contributed by atoms with Gasteiger partial charge in [0.25, 0.3) is 0 Å². The molecule has 0 radical (unpaired) electrons. The number of ketones is 1. The van der Waals surface area contributed by atoms with Gasteiger partial charge < -0.3 is 20.1 Å². The van der Waals surface area contributed by atoms with E-state index >= 15 is 0 Å². The standard InChI is InChI=1S/C29H49NO4.C5H8O4/c1-6-14-30(15-7-2)18-27(33)34-26-17-21(32)16-20-8-9-22-24-11-10-23(19(3)31)28(24,4)13-12-25(22)29(20,26)5;6-4(7)2-1-3-5(8)9/h20-26,32H,6-18H2,1-5H3;1-3H2,(H,6,7)(H,8,9)/t20-,21-,22-,23+,24-,25-,26?,28+,29-;/m0./s1. The number of aliphatic carboxylic acids is 2. The molecule has 4 saturated carbocycles. The van der Waals surface area contributed by atoms with E-state index in [0.717, 1.165) is 58.0 Å². The second kappa shape index (κ2) is 15.3. The molecule has 246 valence electrons. The lowest BCUT2D eigenvalue weighted by Gasteiger charge is -2.62. The average Bonchev–Trinajstić information content (AvgIpc) is 3.27. The first kappa shape index (κ1) is 35.5. The molecule has 0 aromatic heterocycles. The first-order chi connectivity index (χ1) is 20.3. The number of carboxylic acids is 2. The van der Waals surface area contributed by atoms with E-state index in [-0.39, 0.29) is 54.2 Å².